The second-order valence-corrected chi connectivity index (χ2v) is 5.03. The van der Waals surface area contributed by atoms with Gasteiger partial charge in [-0.25, -0.2) is 4.98 Å². The van der Waals surface area contributed by atoms with Gasteiger partial charge in [0.15, 0.2) is 11.6 Å². The van der Waals surface area contributed by atoms with Crippen LogP contribution in [0.15, 0.2) is 18.3 Å². The minimum absolute atomic E-state index is 0.199. The van der Waals surface area contributed by atoms with Gasteiger partial charge in [-0.1, -0.05) is 15.9 Å². The van der Waals surface area contributed by atoms with Crippen LogP contribution in [0.3, 0.4) is 0 Å². The number of aromatic nitrogens is 1. The molecule has 1 aromatic heterocycles. The van der Waals surface area contributed by atoms with Crippen LogP contribution in [0, 0.1) is 0 Å². The highest BCUT2D eigenvalue weighted by Crippen LogP contribution is 2.28. The molecule has 0 amide bonds. The smallest absolute Gasteiger partial charge is 0.171 e. The van der Waals surface area contributed by atoms with Crippen LogP contribution >= 0.6 is 15.9 Å². The fourth-order valence-corrected chi connectivity index (χ4v) is 2.55. The van der Waals surface area contributed by atoms with Crippen molar-refractivity contribution >= 4 is 21.7 Å². The van der Waals surface area contributed by atoms with E-state index in [1.165, 1.54) is 0 Å². The molecule has 2 atom stereocenters. The van der Waals surface area contributed by atoms with Gasteiger partial charge >= 0.3 is 0 Å². The van der Waals surface area contributed by atoms with E-state index in [0.717, 1.165) is 30.0 Å². The molecule has 1 aliphatic rings. The van der Waals surface area contributed by atoms with Gasteiger partial charge in [0.1, 0.15) is 0 Å². The molecule has 1 saturated heterocycles. The predicted molar refractivity (Wildman–Crippen MR) is 75.7 cm³/mol. The number of nitrogens with zero attached hydrogens (tertiary/aromatic N) is 2. The van der Waals surface area contributed by atoms with Crippen LogP contribution < -0.4 is 9.64 Å². The molecular formula is C13H19BrN2O2. The van der Waals surface area contributed by atoms with E-state index in [-0.39, 0.29) is 12.2 Å². The van der Waals surface area contributed by atoms with Crippen LogP contribution in [-0.2, 0) is 4.74 Å². The zero-order chi connectivity index (χ0) is 13.0. The minimum atomic E-state index is 0.199. The van der Waals surface area contributed by atoms with E-state index in [9.17, 15) is 0 Å². The lowest BCUT2D eigenvalue weighted by Crippen LogP contribution is -2.47. The highest BCUT2D eigenvalue weighted by Gasteiger charge is 2.27. The summed E-state index contributed by atoms with van der Waals surface area (Å²) in [6.45, 7) is 6.42. The number of hydrogen-bond donors (Lipinski definition) is 0. The normalized spacial score (nSPS) is 24.1. The Hall–Kier alpha value is -0.810. The molecule has 18 heavy (non-hydrogen) atoms. The Morgan fingerprint density at radius 1 is 1.56 bits per heavy atom. The number of morpholine rings is 1. The van der Waals surface area contributed by atoms with Crippen molar-refractivity contribution in [2.24, 2.45) is 0 Å². The van der Waals surface area contributed by atoms with Crippen molar-refractivity contribution in [1.29, 1.82) is 0 Å². The first-order valence-electron chi connectivity index (χ1n) is 6.28. The van der Waals surface area contributed by atoms with Gasteiger partial charge in [0.05, 0.1) is 18.8 Å². The first kappa shape index (κ1) is 13.6. The maximum absolute atomic E-state index is 5.83. The van der Waals surface area contributed by atoms with Crippen molar-refractivity contribution in [3.05, 3.63) is 18.3 Å². The molecule has 0 N–H and O–H groups in total. The van der Waals surface area contributed by atoms with E-state index in [1.54, 1.807) is 6.20 Å². The maximum Gasteiger partial charge on any atom is 0.171 e. The number of pyridine rings is 1. The summed E-state index contributed by atoms with van der Waals surface area (Å²) in [4.78, 5) is 6.70. The summed E-state index contributed by atoms with van der Waals surface area (Å²) in [5.41, 5.74) is 0. The molecule has 100 valence electrons. The van der Waals surface area contributed by atoms with E-state index >= 15 is 0 Å². The molecular weight excluding hydrogens is 296 g/mol. The van der Waals surface area contributed by atoms with E-state index in [0.29, 0.717) is 6.61 Å². The Bertz CT molecular complexity index is 389. The maximum atomic E-state index is 5.83. The van der Waals surface area contributed by atoms with Crippen molar-refractivity contribution in [2.75, 3.05) is 29.9 Å². The molecule has 4 nitrogen and oxygen atoms in total. The van der Waals surface area contributed by atoms with Crippen molar-refractivity contribution in [1.82, 2.24) is 4.98 Å². The van der Waals surface area contributed by atoms with Gasteiger partial charge in [-0.05, 0) is 26.0 Å². The van der Waals surface area contributed by atoms with Gasteiger partial charge in [-0.3, -0.25) is 0 Å². The third-order valence-electron chi connectivity index (χ3n) is 2.85. The van der Waals surface area contributed by atoms with Crippen molar-refractivity contribution in [2.45, 2.75) is 26.1 Å². The predicted octanol–water partition coefficient (Wildman–Crippen LogP) is 2.47. The van der Waals surface area contributed by atoms with Gasteiger partial charge in [-0.15, -0.1) is 0 Å². The lowest BCUT2D eigenvalue weighted by atomic mass is 10.2. The molecule has 0 aliphatic carbocycles. The molecule has 2 unspecified atom stereocenters. The summed E-state index contributed by atoms with van der Waals surface area (Å²) in [5, 5.41) is 0.838. The quantitative estimate of drug-likeness (QED) is 0.800. The van der Waals surface area contributed by atoms with Crippen LogP contribution in [0.4, 0.5) is 5.82 Å². The first-order chi connectivity index (χ1) is 8.74. The average Bonchev–Trinajstić information content (AvgIpc) is 2.39. The summed E-state index contributed by atoms with van der Waals surface area (Å²) in [5.74, 6) is 1.77. The lowest BCUT2D eigenvalue weighted by molar-refractivity contribution is -0.00237. The largest absolute Gasteiger partial charge is 0.490 e. The van der Waals surface area contributed by atoms with E-state index in [4.69, 9.17) is 9.47 Å². The molecule has 2 rings (SSSR count). The average molecular weight is 315 g/mol. The molecule has 5 heteroatoms. The molecule has 1 aromatic rings. The van der Waals surface area contributed by atoms with Gasteiger partial charge < -0.3 is 14.4 Å². The topological polar surface area (TPSA) is 34.6 Å². The molecule has 2 heterocycles. The third kappa shape index (κ3) is 3.14. The van der Waals surface area contributed by atoms with Gasteiger partial charge in [0.25, 0.3) is 0 Å². The van der Waals surface area contributed by atoms with Crippen molar-refractivity contribution in [3.63, 3.8) is 0 Å². The van der Waals surface area contributed by atoms with E-state index < -0.39 is 0 Å². The summed E-state index contributed by atoms with van der Waals surface area (Å²) in [7, 11) is 0. The van der Waals surface area contributed by atoms with E-state index in [2.05, 4.69) is 32.7 Å². The molecule has 0 saturated carbocycles. The minimum Gasteiger partial charge on any atom is -0.490 e. The SMILES string of the molecule is CCOc1cccnc1N1CC(C)OC(CBr)C1. The number of ether oxygens (including phenoxy) is 2. The molecule has 0 aromatic carbocycles. The summed E-state index contributed by atoms with van der Waals surface area (Å²) < 4.78 is 11.5. The zero-order valence-corrected chi connectivity index (χ0v) is 12.4. The van der Waals surface area contributed by atoms with E-state index in [1.807, 2.05) is 19.1 Å². The van der Waals surface area contributed by atoms with Crippen LogP contribution in [0.25, 0.3) is 0 Å². The fourth-order valence-electron chi connectivity index (χ4n) is 2.19. The van der Waals surface area contributed by atoms with Crippen LogP contribution in [0.2, 0.25) is 0 Å². The second kappa shape index (κ2) is 6.38. The van der Waals surface area contributed by atoms with Crippen molar-refractivity contribution in [3.8, 4) is 5.75 Å². The standard InChI is InChI=1S/C13H19BrN2O2/c1-3-17-12-5-4-6-15-13(12)16-8-10(2)18-11(7-14)9-16/h4-6,10-11H,3,7-9H2,1-2H3. The van der Waals surface area contributed by atoms with Gasteiger partial charge in [0, 0.05) is 24.6 Å². The van der Waals surface area contributed by atoms with Gasteiger partial charge in [-0.2, -0.15) is 0 Å². The molecule has 0 bridgehead atoms. The number of halogens is 1. The van der Waals surface area contributed by atoms with Gasteiger partial charge in [0.2, 0.25) is 0 Å². The van der Waals surface area contributed by atoms with Crippen LogP contribution in [-0.4, -0.2) is 42.2 Å². The lowest BCUT2D eigenvalue weighted by Gasteiger charge is -2.37. The molecule has 0 spiro atoms. The summed E-state index contributed by atoms with van der Waals surface area (Å²) >= 11 is 3.48. The summed E-state index contributed by atoms with van der Waals surface area (Å²) in [6, 6.07) is 3.87. The molecule has 1 aliphatic heterocycles. The summed E-state index contributed by atoms with van der Waals surface area (Å²) in [6.07, 6.45) is 2.21. The zero-order valence-electron chi connectivity index (χ0n) is 10.8. The van der Waals surface area contributed by atoms with Crippen LogP contribution in [0.1, 0.15) is 13.8 Å². The number of rotatable bonds is 4. The molecule has 0 radical (unpaired) electrons. The first-order valence-corrected chi connectivity index (χ1v) is 7.41. The number of anilines is 1. The number of alkyl halides is 1. The Balaban J connectivity index is 2.19. The monoisotopic (exact) mass is 314 g/mol. The Morgan fingerprint density at radius 3 is 3.11 bits per heavy atom. The van der Waals surface area contributed by atoms with Crippen molar-refractivity contribution < 1.29 is 9.47 Å². The second-order valence-electron chi connectivity index (χ2n) is 4.39. The van der Waals surface area contributed by atoms with Crippen LogP contribution in [0.5, 0.6) is 5.75 Å². The molecule has 1 fully saturated rings. The Kier molecular flexibility index (Phi) is 4.83. The highest BCUT2D eigenvalue weighted by molar-refractivity contribution is 9.09. The highest BCUT2D eigenvalue weighted by atomic mass is 79.9. The third-order valence-corrected chi connectivity index (χ3v) is 3.57. The number of hydrogen-bond acceptors (Lipinski definition) is 4. The Labute approximate surface area is 116 Å². The Morgan fingerprint density at radius 2 is 2.39 bits per heavy atom. The fraction of sp³-hybridized carbons (Fsp3) is 0.615.